The topological polar surface area (TPSA) is 73.3 Å². The Balaban J connectivity index is 2.06. The summed E-state index contributed by atoms with van der Waals surface area (Å²) in [5.74, 6) is 0.0478. The van der Waals surface area contributed by atoms with Crippen molar-refractivity contribution in [3.05, 3.63) is 41.7 Å². The fourth-order valence-corrected chi connectivity index (χ4v) is 2.49. The summed E-state index contributed by atoms with van der Waals surface area (Å²) < 4.78 is 1.91. The molecule has 21 heavy (non-hydrogen) atoms. The number of hydrogen-bond donors (Lipinski definition) is 1. The molecule has 1 aliphatic rings. The van der Waals surface area contributed by atoms with Crippen molar-refractivity contribution < 1.29 is 4.79 Å². The van der Waals surface area contributed by atoms with Gasteiger partial charge in [-0.3, -0.25) is 14.5 Å². The fourth-order valence-electron chi connectivity index (χ4n) is 2.49. The van der Waals surface area contributed by atoms with E-state index < -0.39 is 0 Å². The number of nitrogens with zero attached hydrogens (tertiary/aromatic N) is 3. The van der Waals surface area contributed by atoms with Crippen LogP contribution in [0.1, 0.15) is 35.8 Å². The van der Waals surface area contributed by atoms with E-state index in [9.17, 15) is 4.79 Å². The lowest BCUT2D eigenvalue weighted by atomic mass is 9.93. The summed E-state index contributed by atoms with van der Waals surface area (Å²) in [6, 6.07) is 6.13. The largest absolute Gasteiger partial charge is 0.325 e. The van der Waals surface area contributed by atoms with Gasteiger partial charge in [-0.05, 0) is 25.5 Å². The van der Waals surface area contributed by atoms with E-state index in [0.29, 0.717) is 18.2 Å². The van der Waals surface area contributed by atoms with Gasteiger partial charge in [0.1, 0.15) is 6.54 Å². The van der Waals surface area contributed by atoms with Crippen molar-refractivity contribution in [2.45, 2.75) is 19.9 Å². The number of carbonyl (C=O) groups excluding carboxylic acids is 1. The van der Waals surface area contributed by atoms with Gasteiger partial charge in [-0.15, -0.1) is 0 Å². The number of Topliss-reactive ketones (excluding diaryl/α,β-unsaturated/α-hetero) is 1. The Hall–Kier alpha value is -2.27. The number of fused-ring (bicyclic) bond motifs is 1. The lowest BCUT2D eigenvalue weighted by Crippen LogP contribution is -2.24. The zero-order valence-electron chi connectivity index (χ0n) is 12.2. The molecular weight excluding hydrogens is 264 g/mol. The molecule has 0 unspecified atom stereocenters. The smallest absolute Gasteiger partial charge is 0.184 e. The Morgan fingerprint density at radius 2 is 2.10 bits per heavy atom. The van der Waals surface area contributed by atoms with Gasteiger partial charge >= 0.3 is 0 Å². The van der Waals surface area contributed by atoms with E-state index in [1.807, 2.05) is 35.3 Å². The molecule has 0 aliphatic carbocycles. The first-order valence-electron chi connectivity index (χ1n) is 7.05. The summed E-state index contributed by atoms with van der Waals surface area (Å²) in [4.78, 5) is 16.2. The molecule has 2 N–H and O–H groups in total. The number of benzene rings is 1. The monoisotopic (exact) mass is 282 g/mol. The van der Waals surface area contributed by atoms with Crippen LogP contribution < -0.4 is 5.73 Å². The van der Waals surface area contributed by atoms with E-state index in [2.05, 4.69) is 23.9 Å². The molecule has 2 aromatic rings. The van der Waals surface area contributed by atoms with Crippen molar-refractivity contribution in [1.29, 1.82) is 0 Å². The molecule has 0 amide bonds. The van der Waals surface area contributed by atoms with E-state index in [0.717, 1.165) is 22.4 Å². The van der Waals surface area contributed by atoms with Crippen LogP contribution in [0.4, 0.5) is 0 Å². The highest BCUT2D eigenvalue weighted by atomic mass is 16.1. The lowest BCUT2D eigenvalue weighted by Gasteiger charge is -2.15. The van der Waals surface area contributed by atoms with E-state index in [4.69, 9.17) is 5.73 Å². The van der Waals surface area contributed by atoms with Gasteiger partial charge in [0.2, 0.25) is 0 Å². The molecule has 0 radical (unpaired) electrons. The number of rotatable bonds is 3. The van der Waals surface area contributed by atoms with E-state index in [1.165, 1.54) is 0 Å². The maximum Gasteiger partial charge on any atom is 0.184 e. The Kier molecular flexibility index (Phi) is 3.43. The van der Waals surface area contributed by atoms with Crippen LogP contribution in [0.15, 0.2) is 35.6 Å². The van der Waals surface area contributed by atoms with Crippen molar-refractivity contribution in [3.63, 3.8) is 0 Å². The number of carbonyl (C=O) groups is 1. The molecule has 0 saturated carbocycles. The van der Waals surface area contributed by atoms with Gasteiger partial charge in [-0.25, -0.2) is 0 Å². The van der Waals surface area contributed by atoms with Crippen LogP contribution in [0.3, 0.4) is 0 Å². The molecule has 1 aromatic carbocycles. The Morgan fingerprint density at radius 3 is 2.76 bits per heavy atom. The summed E-state index contributed by atoms with van der Waals surface area (Å²) >= 11 is 0. The molecule has 0 saturated heterocycles. The van der Waals surface area contributed by atoms with Gasteiger partial charge in [-0.2, -0.15) is 5.10 Å². The maximum absolute atomic E-state index is 11.9. The standard InChI is InChI=1S/C16H18N4O/c1-10(2)20-9-12(7-19-20)11-3-4-13-14(5-11)15(6-17)18-8-16(13)21/h3-5,7,9-10H,6,8,17H2,1-2H3. The number of hydrogen-bond acceptors (Lipinski definition) is 4. The molecule has 1 aliphatic heterocycles. The quantitative estimate of drug-likeness (QED) is 0.936. The molecule has 5 nitrogen and oxygen atoms in total. The molecule has 1 aromatic heterocycles. The minimum absolute atomic E-state index is 0.0478. The van der Waals surface area contributed by atoms with Crippen molar-refractivity contribution >= 4 is 11.5 Å². The molecule has 2 heterocycles. The van der Waals surface area contributed by atoms with E-state index >= 15 is 0 Å². The van der Waals surface area contributed by atoms with Gasteiger partial charge in [0.15, 0.2) is 5.78 Å². The normalized spacial score (nSPS) is 14.3. The van der Waals surface area contributed by atoms with Gasteiger partial charge < -0.3 is 5.73 Å². The lowest BCUT2D eigenvalue weighted by molar-refractivity contribution is 0.1000. The number of ketones is 1. The minimum atomic E-state index is 0.0478. The number of aromatic nitrogens is 2. The summed E-state index contributed by atoms with van der Waals surface area (Å²) in [5.41, 5.74) is 10.1. The van der Waals surface area contributed by atoms with Crippen LogP contribution in [0, 0.1) is 0 Å². The average Bonchev–Trinajstić information content (AvgIpc) is 2.97. The van der Waals surface area contributed by atoms with Gasteiger partial charge in [0.25, 0.3) is 0 Å². The van der Waals surface area contributed by atoms with Crippen molar-refractivity contribution in [1.82, 2.24) is 9.78 Å². The number of nitrogens with two attached hydrogens (primary N) is 1. The van der Waals surface area contributed by atoms with Crippen molar-refractivity contribution in [3.8, 4) is 11.1 Å². The molecule has 3 rings (SSSR count). The second-order valence-corrected chi connectivity index (χ2v) is 5.45. The fraction of sp³-hybridized carbons (Fsp3) is 0.312. The Bertz CT molecular complexity index is 728. The first-order chi connectivity index (χ1) is 10.1. The first kappa shape index (κ1) is 13.7. The molecule has 108 valence electrons. The summed E-state index contributed by atoms with van der Waals surface area (Å²) in [7, 11) is 0. The van der Waals surface area contributed by atoms with Crippen LogP contribution in [-0.4, -0.2) is 34.4 Å². The Morgan fingerprint density at radius 1 is 1.29 bits per heavy atom. The molecular formula is C16H18N4O. The summed E-state index contributed by atoms with van der Waals surface area (Å²) in [5, 5.41) is 4.35. The van der Waals surface area contributed by atoms with Crippen LogP contribution in [-0.2, 0) is 0 Å². The maximum atomic E-state index is 11.9. The first-order valence-corrected chi connectivity index (χ1v) is 7.05. The minimum Gasteiger partial charge on any atom is -0.325 e. The van der Waals surface area contributed by atoms with Crippen LogP contribution >= 0.6 is 0 Å². The van der Waals surface area contributed by atoms with E-state index in [-0.39, 0.29) is 12.3 Å². The predicted molar refractivity (Wildman–Crippen MR) is 82.8 cm³/mol. The van der Waals surface area contributed by atoms with Gasteiger partial charge in [0.05, 0.1) is 11.9 Å². The highest BCUT2D eigenvalue weighted by Crippen LogP contribution is 2.25. The second kappa shape index (κ2) is 5.26. The SMILES string of the molecule is CC(C)n1cc(-c2ccc3c(c2)C(CN)=NCC3=O)cn1. The third-order valence-corrected chi connectivity index (χ3v) is 3.70. The van der Waals surface area contributed by atoms with Crippen LogP contribution in [0.5, 0.6) is 0 Å². The van der Waals surface area contributed by atoms with Crippen LogP contribution in [0.25, 0.3) is 11.1 Å². The molecule has 0 atom stereocenters. The molecule has 0 bridgehead atoms. The van der Waals surface area contributed by atoms with Crippen molar-refractivity contribution in [2.24, 2.45) is 10.7 Å². The van der Waals surface area contributed by atoms with E-state index in [1.54, 1.807) is 0 Å². The zero-order valence-corrected chi connectivity index (χ0v) is 12.2. The third-order valence-electron chi connectivity index (χ3n) is 3.70. The average molecular weight is 282 g/mol. The summed E-state index contributed by atoms with van der Waals surface area (Å²) in [6.45, 7) is 4.71. The third kappa shape index (κ3) is 2.40. The van der Waals surface area contributed by atoms with Crippen LogP contribution in [0.2, 0.25) is 0 Å². The molecule has 0 fully saturated rings. The van der Waals surface area contributed by atoms with Crippen molar-refractivity contribution in [2.75, 3.05) is 13.1 Å². The molecule has 5 heteroatoms. The van der Waals surface area contributed by atoms with Gasteiger partial charge in [0, 0.05) is 35.5 Å². The Labute approximate surface area is 123 Å². The second-order valence-electron chi connectivity index (χ2n) is 5.45. The zero-order chi connectivity index (χ0) is 15.0. The highest BCUT2D eigenvalue weighted by molar-refractivity contribution is 6.16. The number of aliphatic imine (C=N–C) groups is 1. The predicted octanol–water partition coefficient (Wildman–Crippen LogP) is 2.08. The van der Waals surface area contributed by atoms with Gasteiger partial charge in [-0.1, -0.05) is 12.1 Å². The summed E-state index contributed by atoms with van der Waals surface area (Å²) in [6.07, 6.45) is 3.85. The highest BCUT2D eigenvalue weighted by Gasteiger charge is 2.20. The molecule has 0 spiro atoms.